The van der Waals surface area contributed by atoms with Gasteiger partial charge in [0, 0.05) is 22.6 Å². The van der Waals surface area contributed by atoms with Crippen LogP contribution in [0.2, 0.25) is 0 Å². The van der Waals surface area contributed by atoms with E-state index < -0.39 is 17.4 Å². The molecular formula is C24H18O8. The highest BCUT2D eigenvalue weighted by atomic mass is 16.5. The third-order valence-electron chi connectivity index (χ3n) is 5.02. The molecule has 4 rings (SSSR count). The van der Waals surface area contributed by atoms with Crippen molar-refractivity contribution in [1.82, 2.24) is 0 Å². The van der Waals surface area contributed by atoms with Gasteiger partial charge in [-0.25, -0.2) is 4.79 Å². The fraction of sp³-hybridized carbons (Fsp3) is 0.125. The van der Waals surface area contributed by atoms with Crippen molar-refractivity contribution in [2.75, 3.05) is 6.61 Å². The van der Waals surface area contributed by atoms with E-state index in [-0.39, 0.29) is 41.4 Å². The van der Waals surface area contributed by atoms with Gasteiger partial charge >= 0.3 is 11.9 Å². The number of carboxylic acid groups (broad SMARTS) is 2. The minimum Gasteiger partial charge on any atom is -0.508 e. The van der Waals surface area contributed by atoms with Crippen LogP contribution in [0, 0.1) is 0 Å². The molecule has 1 aliphatic carbocycles. The predicted molar refractivity (Wildman–Crippen MR) is 116 cm³/mol. The lowest BCUT2D eigenvalue weighted by Gasteiger charge is -2.19. The van der Waals surface area contributed by atoms with Gasteiger partial charge in [0.1, 0.15) is 11.3 Å². The predicted octanol–water partition coefficient (Wildman–Crippen LogP) is 3.99. The van der Waals surface area contributed by atoms with Crippen LogP contribution in [-0.2, 0) is 11.2 Å². The van der Waals surface area contributed by atoms with Crippen LogP contribution in [0.4, 0.5) is 0 Å². The van der Waals surface area contributed by atoms with E-state index in [0.29, 0.717) is 27.6 Å². The van der Waals surface area contributed by atoms with Gasteiger partial charge < -0.3 is 24.5 Å². The second kappa shape index (κ2) is 8.07. The van der Waals surface area contributed by atoms with Crippen molar-refractivity contribution in [2.45, 2.75) is 13.3 Å². The van der Waals surface area contributed by atoms with Crippen molar-refractivity contribution >= 4 is 22.9 Å². The van der Waals surface area contributed by atoms with Gasteiger partial charge in [0.05, 0.1) is 18.6 Å². The molecule has 0 bridgehead atoms. The van der Waals surface area contributed by atoms with Gasteiger partial charge in [-0.1, -0.05) is 12.1 Å². The molecule has 162 valence electrons. The van der Waals surface area contributed by atoms with E-state index in [0.717, 1.165) is 0 Å². The molecule has 0 saturated heterocycles. The largest absolute Gasteiger partial charge is 0.508 e. The van der Waals surface area contributed by atoms with E-state index in [1.807, 2.05) is 0 Å². The number of aromatic carboxylic acids is 1. The summed E-state index contributed by atoms with van der Waals surface area (Å²) in [6.45, 7) is 1.93. The second-order valence-corrected chi connectivity index (χ2v) is 7.12. The van der Waals surface area contributed by atoms with Crippen LogP contribution in [-0.4, -0.2) is 33.9 Å². The summed E-state index contributed by atoms with van der Waals surface area (Å²) in [5.41, 5.74) is 1.27. The average molecular weight is 434 g/mol. The van der Waals surface area contributed by atoms with Crippen LogP contribution in [0.5, 0.6) is 11.5 Å². The molecule has 0 aromatic heterocycles. The topological polar surface area (TPSA) is 134 Å². The number of aliphatic carboxylic acids is 1. The molecular weight excluding hydrogens is 416 g/mol. The Morgan fingerprint density at radius 1 is 1.00 bits per heavy atom. The molecule has 3 N–H and O–H groups in total. The number of rotatable bonds is 6. The van der Waals surface area contributed by atoms with Crippen molar-refractivity contribution in [1.29, 1.82) is 0 Å². The number of fused-ring (bicyclic) bond motifs is 2. The minimum absolute atomic E-state index is 0.0177. The first-order valence-corrected chi connectivity index (χ1v) is 9.74. The zero-order valence-corrected chi connectivity index (χ0v) is 16.9. The maximum atomic E-state index is 12.4. The van der Waals surface area contributed by atoms with E-state index >= 15 is 0 Å². The molecule has 0 fully saturated rings. The molecule has 2 aliphatic rings. The molecule has 0 spiro atoms. The van der Waals surface area contributed by atoms with Crippen molar-refractivity contribution in [2.24, 2.45) is 0 Å². The van der Waals surface area contributed by atoms with Crippen LogP contribution in [0.25, 0.3) is 33.4 Å². The highest BCUT2D eigenvalue weighted by molar-refractivity contribution is 6.08. The summed E-state index contributed by atoms with van der Waals surface area (Å²) in [5.74, 6) is -2.28. The van der Waals surface area contributed by atoms with Gasteiger partial charge in [0.25, 0.3) is 0 Å². The van der Waals surface area contributed by atoms with Crippen molar-refractivity contribution < 1.29 is 34.1 Å². The second-order valence-electron chi connectivity index (χ2n) is 7.12. The number of phenols is 1. The Bertz CT molecular complexity index is 1400. The fourth-order valence-electron chi connectivity index (χ4n) is 3.74. The fourth-order valence-corrected chi connectivity index (χ4v) is 3.74. The van der Waals surface area contributed by atoms with E-state index in [1.165, 1.54) is 36.4 Å². The number of carbonyl (C=O) groups is 2. The Morgan fingerprint density at radius 3 is 2.44 bits per heavy atom. The van der Waals surface area contributed by atoms with Crippen molar-refractivity contribution in [3.63, 3.8) is 0 Å². The normalized spacial score (nSPS) is 11.0. The number of carboxylic acids is 2. The van der Waals surface area contributed by atoms with Gasteiger partial charge in [-0.3, -0.25) is 9.59 Å². The number of benzene rings is 3. The summed E-state index contributed by atoms with van der Waals surface area (Å²) in [6, 6.07) is 11.6. The number of hydrogen-bond donors (Lipinski definition) is 3. The molecule has 8 nitrogen and oxygen atoms in total. The van der Waals surface area contributed by atoms with Crippen LogP contribution in [0.15, 0.2) is 57.7 Å². The summed E-state index contributed by atoms with van der Waals surface area (Å²) in [7, 11) is 0. The van der Waals surface area contributed by atoms with E-state index in [9.17, 15) is 24.6 Å². The van der Waals surface area contributed by atoms with Crippen molar-refractivity contribution in [3.05, 3.63) is 69.9 Å². The molecule has 0 radical (unpaired) electrons. The first-order valence-electron chi connectivity index (χ1n) is 9.74. The van der Waals surface area contributed by atoms with Crippen LogP contribution in [0.1, 0.15) is 22.8 Å². The quantitative estimate of drug-likeness (QED) is 0.388. The maximum absolute atomic E-state index is 12.4. The number of phenolic OH excluding ortho intramolecular Hbond substituents is 1. The van der Waals surface area contributed by atoms with E-state index in [2.05, 4.69) is 0 Å². The van der Waals surface area contributed by atoms with Crippen molar-refractivity contribution in [3.8, 4) is 33.9 Å². The summed E-state index contributed by atoms with van der Waals surface area (Å²) < 4.78 is 11.4. The van der Waals surface area contributed by atoms with Gasteiger partial charge in [-0.2, -0.15) is 0 Å². The lowest BCUT2D eigenvalue weighted by atomic mass is 9.89. The first kappa shape index (κ1) is 20.9. The molecule has 32 heavy (non-hydrogen) atoms. The van der Waals surface area contributed by atoms with Gasteiger partial charge in [0.15, 0.2) is 5.76 Å². The third-order valence-corrected chi connectivity index (χ3v) is 5.02. The Morgan fingerprint density at radius 2 is 1.75 bits per heavy atom. The number of aromatic hydroxyl groups is 1. The molecule has 2 aromatic rings. The highest BCUT2D eigenvalue weighted by Crippen LogP contribution is 2.44. The molecule has 0 saturated carbocycles. The Hall–Kier alpha value is -4.33. The van der Waals surface area contributed by atoms with E-state index in [4.69, 9.17) is 14.3 Å². The SMILES string of the molecule is CCOc1c2oc3cc(O)ccc3c(-c3ccc(CC(=O)O)cc3C(=O)O)c-2ccc1=O. The summed E-state index contributed by atoms with van der Waals surface area (Å²) >= 11 is 0. The average Bonchev–Trinajstić information content (AvgIpc) is 2.74. The minimum atomic E-state index is -1.24. The summed E-state index contributed by atoms with van der Waals surface area (Å²) in [6.07, 6.45) is -0.325. The lowest BCUT2D eigenvalue weighted by Crippen LogP contribution is -2.10. The van der Waals surface area contributed by atoms with Crippen LogP contribution < -0.4 is 10.2 Å². The molecule has 2 aromatic carbocycles. The number of ether oxygens (including phenoxy) is 1. The molecule has 0 amide bonds. The molecule has 1 aliphatic heterocycles. The Labute approximate surface area is 181 Å². The smallest absolute Gasteiger partial charge is 0.336 e. The molecule has 1 heterocycles. The summed E-state index contributed by atoms with van der Waals surface area (Å²) in [5, 5.41) is 29.4. The standard InChI is InChI=1S/C24H18O8/c1-2-31-23-18(26)8-7-16-21(15-6-4-13(25)11-19(15)32-22(16)23)14-5-3-12(10-20(27)28)9-17(14)24(29)30/h3-9,11,25H,2,10H2,1H3,(H,27,28)(H,29,30). The monoisotopic (exact) mass is 434 g/mol. The molecule has 0 unspecified atom stereocenters. The zero-order chi connectivity index (χ0) is 23.0. The van der Waals surface area contributed by atoms with Crippen LogP contribution in [0.3, 0.4) is 0 Å². The van der Waals surface area contributed by atoms with Crippen LogP contribution >= 0.6 is 0 Å². The lowest BCUT2D eigenvalue weighted by molar-refractivity contribution is -0.136. The first-order chi connectivity index (χ1) is 15.3. The Balaban J connectivity index is 2.13. The molecule has 0 atom stereocenters. The highest BCUT2D eigenvalue weighted by Gasteiger charge is 2.25. The third kappa shape index (κ3) is 3.62. The van der Waals surface area contributed by atoms with Gasteiger partial charge in [-0.05, 0) is 48.4 Å². The van der Waals surface area contributed by atoms with Gasteiger partial charge in [-0.15, -0.1) is 0 Å². The molecule has 8 heteroatoms. The Kier molecular flexibility index (Phi) is 5.28. The zero-order valence-electron chi connectivity index (χ0n) is 16.9. The number of hydrogen-bond acceptors (Lipinski definition) is 6. The van der Waals surface area contributed by atoms with Gasteiger partial charge in [0.2, 0.25) is 11.2 Å². The maximum Gasteiger partial charge on any atom is 0.336 e. The summed E-state index contributed by atoms with van der Waals surface area (Å²) in [4.78, 5) is 35.6. The van der Waals surface area contributed by atoms with E-state index in [1.54, 1.807) is 19.1 Å².